The van der Waals surface area contributed by atoms with E-state index in [1.54, 1.807) is 19.1 Å². The van der Waals surface area contributed by atoms with Crippen molar-refractivity contribution in [2.75, 3.05) is 18.9 Å². The van der Waals surface area contributed by atoms with Crippen molar-refractivity contribution < 1.29 is 27.4 Å². The van der Waals surface area contributed by atoms with Gasteiger partial charge in [-0.1, -0.05) is 12.5 Å². The monoisotopic (exact) mass is 444 g/mol. The lowest BCUT2D eigenvalue weighted by Gasteiger charge is -2.18. The van der Waals surface area contributed by atoms with Gasteiger partial charge in [0.25, 0.3) is 0 Å². The second kappa shape index (κ2) is 9.90. The van der Waals surface area contributed by atoms with Crippen LogP contribution in [0.5, 0.6) is 5.75 Å². The van der Waals surface area contributed by atoms with E-state index >= 15 is 0 Å². The summed E-state index contributed by atoms with van der Waals surface area (Å²) in [5.41, 5.74) is 3.08. The van der Waals surface area contributed by atoms with E-state index in [4.69, 9.17) is 4.74 Å². The number of urea groups is 1. The molecule has 4 N–H and O–H groups in total. The highest BCUT2D eigenvalue weighted by Gasteiger charge is 2.26. The number of hydrogen-bond acceptors (Lipinski definition) is 6. The van der Waals surface area contributed by atoms with E-state index in [1.165, 1.54) is 11.1 Å². The molecule has 168 valence electrons. The minimum Gasteiger partial charge on any atom is -0.490 e. The molecule has 1 aromatic carbocycles. The number of nitrogens with zero attached hydrogens (tertiary/aromatic N) is 1. The number of sulfonamides is 1. The fraction of sp³-hybridized carbons (Fsp3) is 0.632. The van der Waals surface area contributed by atoms with Gasteiger partial charge in [-0.3, -0.25) is 10.7 Å². The quantitative estimate of drug-likeness (QED) is 0.363. The fourth-order valence-electron chi connectivity index (χ4n) is 3.14. The number of hydrogen-bond donors (Lipinski definition) is 4. The lowest BCUT2D eigenvalue weighted by Crippen LogP contribution is -2.40. The second-order valence-corrected chi connectivity index (χ2v) is 9.69. The second-order valence-electron chi connectivity index (χ2n) is 7.82. The van der Waals surface area contributed by atoms with Gasteiger partial charge in [-0.2, -0.15) is 5.01 Å². The Morgan fingerprint density at radius 3 is 2.77 bits per heavy atom. The van der Waals surface area contributed by atoms with Crippen LogP contribution in [-0.4, -0.2) is 49.8 Å². The van der Waals surface area contributed by atoms with E-state index < -0.39 is 34.3 Å². The molecule has 1 aliphatic carbocycles. The number of amides is 2. The molecule has 0 spiro atoms. The third-order valence-corrected chi connectivity index (χ3v) is 6.63. The Labute approximate surface area is 176 Å². The van der Waals surface area contributed by atoms with E-state index in [2.05, 4.69) is 15.5 Å². The van der Waals surface area contributed by atoms with E-state index in [0.717, 1.165) is 12.8 Å². The lowest BCUT2D eigenvalue weighted by molar-refractivity contribution is -0.00187. The number of hydrazine groups is 1. The minimum absolute atomic E-state index is 0.0449. The zero-order valence-electron chi connectivity index (χ0n) is 16.9. The topological polar surface area (TPSA) is 120 Å². The Morgan fingerprint density at radius 1 is 1.33 bits per heavy atom. The smallest absolute Gasteiger partial charge is 0.332 e. The Kier molecular flexibility index (Phi) is 7.50. The van der Waals surface area contributed by atoms with Gasteiger partial charge in [0.05, 0.1) is 12.4 Å². The molecule has 2 atom stereocenters. The first kappa shape index (κ1) is 22.7. The van der Waals surface area contributed by atoms with Crippen molar-refractivity contribution >= 4 is 16.1 Å². The van der Waals surface area contributed by atoms with Gasteiger partial charge in [-0.05, 0) is 56.2 Å². The summed E-state index contributed by atoms with van der Waals surface area (Å²) in [6, 6.07) is 3.41. The summed E-state index contributed by atoms with van der Waals surface area (Å²) in [6.07, 6.45) is 2.79. The summed E-state index contributed by atoms with van der Waals surface area (Å²) in [4.78, 5) is 11.1. The van der Waals surface area contributed by atoms with E-state index in [9.17, 15) is 22.7 Å². The van der Waals surface area contributed by atoms with Crippen molar-refractivity contribution in [3.63, 3.8) is 0 Å². The van der Waals surface area contributed by atoms with Gasteiger partial charge in [0.2, 0.25) is 16.4 Å². The molecule has 1 heterocycles. The molecule has 0 aromatic heterocycles. The molecular weight excluding hydrogens is 415 g/mol. The molecule has 1 saturated carbocycles. The van der Waals surface area contributed by atoms with Crippen molar-refractivity contribution in [2.24, 2.45) is 5.92 Å². The molecule has 30 heavy (non-hydrogen) atoms. The largest absolute Gasteiger partial charge is 0.490 e. The van der Waals surface area contributed by atoms with Crippen LogP contribution in [0.3, 0.4) is 0 Å². The molecule has 1 unspecified atom stereocenters. The summed E-state index contributed by atoms with van der Waals surface area (Å²) >= 11 is 0. The van der Waals surface area contributed by atoms with Crippen LogP contribution in [0.25, 0.3) is 0 Å². The maximum atomic E-state index is 13.9. The molecule has 0 radical (unpaired) electrons. The molecule has 2 amide bonds. The van der Waals surface area contributed by atoms with Gasteiger partial charge in [0.1, 0.15) is 0 Å². The Morgan fingerprint density at radius 2 is 2.10 bits per heavy atom. The third-order valence-electron chi connectivity index (χ3n) is 5.10. The van der Waals surface area contributed by atoms with E-state index in [0.29, 0.717) is 43.9 Å². The Bertz CT molecular complexity index is 849. The molecule has 1 aliphatic heterocycles. The number of rotatable bonds is 12. The molecule has 2 fully saturated rings. The molecule has 11 heteroatoms. The first-order chi connectivity index (χ1) is 14.2. The number of halogens is 1. The Balaban J connectivity index is 1.41. The van der Waals surface area contributed by atoms with Crippen molar-refractivity contribution in [2.45, 2.75) is 51.4 Å². The van der Waals surface area contributed by atoms with E-state index in [-0.39, 0.29) is 11.5 Å². The molecule has 2 aliphatic rings. The lowest BCUT2D eigenvalue weighted by atomic mass is 10.1. The fourth-order valence-corrected chi connectivity index (χ4v) is 4.51. The first-order valence-electron chi connectivity index (χ1n) is 10.2. The van der Waals surface area contributed by atoms with Crippen LogP contribution in [0.15, 0.2) is 18.2 Å². The zero-order valence-corrected chi connectivity index (χ0v) is 17.8. The van der Waals surface area contributed by atoms with Crippen LogP contribution in [0, 0.1) is 11.7 Å². The summed E-state index contributed by atoms with van der Waals surface area (Å²) in [7, 11) is -3.52. The molecule has 9 nitrogen and oxygen atoms in total. The van der Waals surface area contributed by atoms with Gasteiger partial charge in [-0.15, -0.1) is 0 Å². The maximum Gasteiger partial charge on any atom is 0.332 e. The summed E-state index contributed by atoms with van der Waals surface area (Å²) in [5, 5.41) is 13.2. The average molecular weight is 445 g/mol. The summed E-state index contributed by atoms with van der Waals surface area (Å²) in [5.74, 6) is 0.141. The van der Waals surface area contributed by atoms with Crippen LogP contribution in [0.4, 0.5) is 9.18 Å². The van der Waals surface area contributed by atoms with Gasteiger partial charge in [0.15, 0.2) is 11.6 Å². The Hall–Kier alpha value is -1.95. The molecule has 0 bridgehead atoms. The minimum atomic E-state index is -3.52. The van der Waals surface area contributed by atoms with Crippen molar-refractivity contribution in [1.29, 1.82) is 0 Å². The van der Waals surface area contributed by atoms with Crippen molar-refractivity contribution in [3.8, 4) is 5.75 Å². The van der Waals surface area contributed by atoms with Crippen molar-refractivity contribution in [3.05, 3.63) is 29.6 Å². The number of ether oxygens (including phenoxy) is 1. The standard InChI is InChI=1S/C19H29FN4O5S/c1-13(15-7-8-16(20)17(11-15)29-12-14-5-6-14)23-30(27,28)10-4-2-3-9-24-19(26)21-18(25)22-24/h7-8,11,13-14,19,23,26H,2-6,9-10,12H2,1H3,(H2,21,22,25)/t13-,19?/m1/s1. The van der Waals surface area contributed by atoms with Crippen LogP contribution in [-0.2, 0) is 10.0 Å². The highest BCUT2D eigenvalue weighted by Crippen LogP contribution is 2.31. The predicted octanol–water partition coefficient (Wildman–Crippen LogP) is 1.57. The number of benzene rings is 1. The van der Waals surface area contributed by atoms with Crippen LogP contribution in [0.2, 0.25) is 0 Å². The number of aliphatic hydroxyl groups is 1. The predicted molar refractivity (Wildman–Crippen MR) is 108 cm³/mol. The van der Waals surface area contributed by atoms with Gasteiger partial charge < -0.3 is 9.84 Å². The van der Waals surface area contributed by atoms with Crippen LogP contribution in [0.1, 0.15) is 50.6 Å². The number of aliphatic hydroxyl groups excluding tert-OH is 1. The van der Waals surface area contributed by atoms with E-state index in [1.807, 2.05) is 0 Å². The first-order valence-corrected chi connectivity index (χ1v) is 11.8. The van der Waals surface area contributed by atoms with Gasteiger partial charge in [-0.25, -0.2) is 22.3 Å². The summed E-state index contributed by atoms with van der Waals surface area (Å²) < 4.78 is 46.8. The molecule has 3 rings (SSSR count). The van der Waals surface area contributed by atoms with Crippen LogP contribution >= 0.6 is 0 Å². The van der Waals surface area contributed by atoms with Gasteiger partial charge >= 0.3 is 6.03 Å². The summed E-state index contributed by atoms with van der Waals surface area (Å²) in [6.45, 7) is 2.59. The molecular formula is C19H29FN4O5S. The number of carbonyl (C=O) groups excluding carboxylic acids is 1. The third kappa shape index (κ3) is 6.79. The van der Waals surface area contributed by atoms with Crippen molar-refractivity contribution in [1.82, 2.24) is 20.5 Å². The molecule has 1 saturated heterocycles. The van der Waals surface area contributed by atoms with Crippen LogP contribution < -0.4 is 20.2 Å². The highest BCUT2D eigenvalue weighted by molar-refractivity contribution is 7.89. The average Bonchev–Trinajstić information content (AvgIpc) is 3.44. The SMILES string of the molecule is C[C@@H](NS(=O)(=O)CCCCCN1NC(=O)NC1O)c1ccc(F)c(OCC2CC2)c1. The number of unbranched alkanes of at least 4 members (excludes halogenated alkanes) is 2. The number of nitrogens with one attached hydrogen (secondary N) is 3. The maximum absolute atomic E-state index is 13.9. The number of carbonyl (C=O) groups is 1. The molecule has 1 aromatic rings. The zero-order chi connectivity index (χ0) is 21.7. The normalized spacial score (nSPS) is 20.6. The highest BCUT2D eigenvalue weighted by atomic mass is 32.2. The van der Waals surface area contributed by atoms with Gasteiger partial charge in [0, 0.05) is 12.6 Å².